The summed E-state index contributed by atoms with van der Waals surface area (Å²) in [6, 6.07) is 0.259. The molecule has 2 heterocycles. The summed E-state index contributed by atoms with van der Waals surface area (Å²) in [7, 11) is 2.03. The topological polar surface area (TPSA) is 65.5 Å². The van der Waals surface area contributed by atoms with Gasteiger partial charge in [0.25, 0.3) is 5.91 Å². The third-order valence-electron chi connectivity index (χ3n) is 5.91. The predicted octanol–water partition coefficient (Wildman–Crippen LogP) is 2.26. The Labute approximate surface area is 150 Å². The van der Waals surface area contributed by atoms with Crippen LogP contribution in [0, 0.1) is 0 Å². The molecule has 138 valence electrons. The van der Waals surface area contributed by atoms with Crippen molar-refractivity contribution < 1.29 is 4.79 Å². The predicted molar refractivity (Wildman–Crippen MR) is 96.8 cm³/mol. The van der Waals surface area contributed by atoms with Gasteiger partial charge in [0.1, 0.15) is 12.7 Å². The fourth-order valence-corrected chi connectivity index (χ4v) is 4.08. The van der Waals surface area contributed by atoms with Crippen LogP contribution in [0.5, 0.6) is 0 Å². The average molecular weight is 346 g/mol. The third kappa shape index (κ3) is 3.21. The summed E-state index contributed by atoms with van der Waals surface area (Å²) in [6.45, 7) is 8.97. The molecule has 25 heavy (non-hydrogen) atoms. The van der Waals surface area contributed by atoms with Gasteiger partial charge in [0.15, 0.2) is 0 Å². The fourth-order valence-electron chi connectivity index (χ4n) is 4.08. The van der Waals surface area contributed by atoms with Crippen LogP contribution in [-0.4, -0.2) is 61.5 Å². The van der Waals surface area contributed by atoms with E-state index in [0.29, 0.717) is 12.5 Å². The molecule has 1 amide bonds. The van der Waals surface area contributed by atoms with Crippen molar-refractivity contribution in [3.05, 3.63) is 12.7 Å². The molecule has 1 aromatic heterocycles. The molecule has 1 saturated carbocycles. The number of carbonyl (C=O) groups excluding carboxylic acids is 1. The standard InChI is InChI=1S/C18H30N6O/c1-17(2)11-23(15(25)18(3,4)22(17)5)24(14-9-7-6-8-10-14)16-20-12-19-13-21-16/h12-14H,6-11H2,1-5H3. The molecule has 1 aliphatic heterocycles. The lowest BCUT2D eigenvalue weighted by Gasteiger charge is -2.56. The summed E-state index contributed by atoms with van der Waals surface area (Å²) >= 11 is 0. The van der Waals surface area contributed by atoms with E-state index >= 15 is 0 Å². The number of carbonyl (C=O) groups is 1. The molecule has 0 atom stereocenters. The van der Waals surface area contributed by atoms with Gasteiger partial charge in [-0.1, -0.05) is 19.3 Å². The summed E-state index contributed by atoms with van der Waals surface area (Å²) in [4.78, 5) is 28.2. The van der Waals surface area contributed by atoms with Crippen molar-refractivity contribution in [3.8, 4) is 0 Å². The second kappa shape index (κ2) is 6.52. The van der Waals surface area contributed by atoms with Crippen LogP contribution >= 0.6 is 0 Å². The Kier molecular flexibility index (Phi) is 4.70. The van der Waals surface area contributed by atoms with Gasteiger partial charge in [-0.05, 0) is 47.6 Å². The van der Waals surface area contributed by atoms with Crippen molar-refractivity contribution in [3.63, 3.8) is 0 Å². The Morgan fingerprint density at radius 3 is 2.28 bits per heavy atom. The lowest BCUT2D eigenvalue weighted by atomic mass is 9.88. The minimum Gasteiger partial charge on any atom is -0.286 e. The van der Waals surface area contributed by atoms with Crippen LogP contribution in [0.1, 0.15) is 59.8 Å². The van der Waals surface area contributed by atoms with Crippen LogP contribution in [0.4, 0.5) is 5.95 Å². The van der Waals surface area contributed by atoms with Crippen LogP contribution in [0.25, 0.3) is 0 Å². The lowest BCUT2D eigenvalue weighted by molar-refractivity contribution is -0.159. The first-order valence-corrected chi connectivity index (χ1v) is 9.22. The van der Waals surface area contributed by atoms with Gasteiger partial charge in [-0.2, -0.15) is 9.97 Å². The van der Waals surface area contributed by atoms with Gasteiger partial charge in [-0.25, -0.2) is 15.0 Å². The molecule has 2 aliphatic rings. The molecule has 7 heteroatoms. The number of hydrogen-bond donors (Lipinski definition) is 0. The number of hydrazine groups is 1. The number of aromatic nitrogens is 3. The smallest absolute Gasteiger partial charge is 0.261 e. The van der Waals surface area contributed by atoms with Crippen LogP contribution < -0.4 is 5.01 Å². The quantitative estimate of drug-likeness (QED) is 0.836. The SMILES string of the molecule is CN1C(C)(C)CN(N(c2ncncn2)C2CCCCC2)C(=O)C1(C)C. The maximum Gasteiger partial charge on any atom is 0.261 e. The molecule has 0 N–H and O–H groups in total. The van der Waals surface area contributed by atoms with E-state index in [1.165, 1.54) is 31.9 Å². The van der Waals surface area contributed by atoms with Crippen molar-refractivity contribution in [2.75, 3.05) is 18.6 Å². The summed E-state index contributed by atoms with van der Waals surface area (Å²) < 4.78 is 0. The molecule has 0 bridgehead atoms. The van der Waals surface area contributed by atoms with Gasteiger partial charge in [-0.15, -0.1) is 0 Å². The Morgan fingerprint density at radius 1 is 1.08 bits per heavy atom. The summed E-state index contributed by atoms with van der Waals surface area (Å²) in [5.41, 5.74) is -0.723. The van der Waals surface area contributed by atoms with E-state index in [9.17, 15) is 4.79 Å². The minimum absolute atomic E-state index is 0.0975. The largest absolute Gasteiger partial charge is 0.286 e. The number of piperazine rings is 1. The average Bonchev–Trinajstić information content (AvgIpc) is 2.60. The Hall–Kier alpha value is -1.76. The van der Waals surface area contributed by atoms with Crippen LogP contribution in [-0.2, 0) is 4.79 Å². The summed E-state index contributed by atoms with van der Waals surface area (Å²) in [5.74, 6) is 0.673. The number of anilines is 1. The van der Waals surface area contributed by atoms with Gasteiger partial charge in [0.2, 0.25) is 5.95 Å². The maximum atomic E-state index is 13.4. The van der Waals surface area contributed by atoms with Crippen molar-refractivity contribution in [1.29, 1.82) is 0 Å². The Balaban J connectivity index is 2.01. The highest BCUT2D eigenvalue weighted by Gasteiger charge is 2.51. The van der Waals surface area contributed by atoms with E-state index in [1.54, 1.807) is 0 Å². The van der Waals surface area contributed by atoms with Crippen LogP contribution in [0.15, 0.2) is 12.7 Å². The Bertz CT molecular complexity index is 611. The van der Waals surface area contributed by atoms with Crippen molar-refractivity contribution >= 4 is 11.9 Å². The zero-order valence-electron chi connectivity index (χ0n) is 16.1. The Morgan fingerprint density at radius 2 is 1.68 bits per heavy atom. The van der Waals surface area contributed by atoms with E-state index < -0.39 is 5.54 Å². The van der Waals surface area contributed by atoms with Crippen LogP contribution in [0.3, 0.4) is 0 Å². The molecule has 1 aromatic rings. The molecule has 7 nitrogen and oxygen atoms in total. The monoisotopic (exact) mass is 346 g/mol. The van der Waals surface area contributed by atoms with Crippen molar-refractivity contribution in [1.82, 2.24) is 24.9 Å². The van der Waals surface area contributed by atoms with Gasteiger partial charge in [0, 0.05) is 5.54 Å². The first-order valence-electron chi connectivity index (χ1n) is 9.22. The number of nitrogens with zero attached hydrogens (tertiary/aromatic N) is 6. The van der Waals surface area contributed by atoms with Gasteiger partial charge >= 0.3 is 0 Å². The normalized spacial score (nSPS) is 24.4. The highest BCUT2D eigenvalue weighted by atomic mass is 16.2. The zero-order valence-corrected chi connectivity index (χ0v) is 16.1. The molecule has 1 saturated heterocycles. The second-order valence-corrected chi connectivity index (χ2v) is 8.37. The van der Waals surface area contributed by atoms with Crippen molar-refractivity contribution in [2.24, 2.45) is 0 Å². The number of hydrogen-bond acceptors (Lipinski definition) is 6. The van der Waals surface area contributed by atoms with Crippen molar-refractivity contribution in [2.45, 2.75) is 76.9 Å². The highest BCUT2D eigenvalue weighted by Crippen LogP contribution is 2.35. The highest BCUT2D eigenvalue weighted by molar-refractivity contribution is 5.87. The van der Waals surface area contributed by atoms with E-state index in [4.69, 9.17) is 0 Å². The third-order valence-corrected chi connectivity index (χ3v) is 5.91. The first kappa shape index (κ1) is 18.0. The first-order chi connectivity index (χ1) is 11.7. The van der Waals surface area contributed by atoms with E-state index in [-0.39, 0.29) is 17.5 Å². The molecule has 3 rings (SSSR count). The van der Waals surface area contributed by atoms with Gasteiger partial charge < -0.3 is 0 Å². The van der Waals surface area contributed by atoms with Gasteiger partial charge in [-0.3, -0.25) is 9.69 Å². The maximum absolute atomic E-state index is 13.4. The molecule has 0 aromatic carbocycles. The lowest BCUT2D eigenvalue weighted by Crippen LogP contribution is -2.73. The number of rotatable bonds is 3. The molecule has 2 fully saturated rings. The number of amides is 1. The number of likely N-dealkylation sites (N-methyl/N-ethyl adjacent to an activating group) is 1. The molecule has 0 spiro atoms. The second-order valence-electron chi connectivity index (χ2n) is 8.37. The molecular weight excluding hydrogens is 316 g/mol. The fraction of sp³-hybridized carbons (Fsp3) is 0.778. The molecular formula is C18H30N6O. The minimum atomic E-state index is -0.582. The summed E-state index contributed by atoms with van der Waals surface area (Å²) in [6.07, 6.45) is 8.76. The molecule has 1 aliphatic carbocycles. The van der Waals surface area contributed by atoms with Crippen LogP contribution in [0.2, 0.25) is 0 Å². The van der Waals surface area contributed by atoms with Gasteiger partial charge in [0.05, 0.1) is 18.1 Å². The molecule has 0 unspecified atom stereocenters. The summed E-state index contributed by atoms with van der Waals surface area (Å²) in [5, 5.41) is 3.95. The molecule has 0 radical (unpaired) electrons. The zero-order chi connectivity index (χ0) is 18.2. The van der Waals surface area contributed by atoms with E-state index in [2.05, 4.69) is 38.7 Å². The van der Waals surface area contributed by atoms with E-state index in [0.717, 1.165) is 12.8 Å². The van der Waals surface area contributed by atoms with E-state index in [1.807, 2.05) is 25.9 Å².